The van der Waals surface area contributed by atoms with Gasteiger partial charge in [-0.25, -0.2) is 15.0 Å². The lowest BCUT2D eigenvalue weighted by atomic mass is 10.1. The van der Waals surface area contributed by atoms with Crippen LogP contribution in [-0.4, -0.2) is 63.1 Å². The van der Waals surface area contributed by atoms with Crippen LogP contribution in [0.3, 0.4) is 0 Å². The summed E-state index contributed by atoms with van der Waals surface area (Å²) >= 11 is 0. The SMILES string of the molecule is COCCOc1cnc(C(=O)Nc2nc3c(-c4cnn(C)c4)ccc(OC)c3[nH]2)cn1. The number of fused-ring (bicyclic) bond motifs is 1. The van der Waals surface area contributed by atoms with Crippen molar-refractivity contribution in [2.75, 3.05) is 32.8 Å². The summed E-state index contributed by atoms with van der Waals surface area (Å²) in [6.45, 7) is 0.775. The molecule has 0 bridgehead atoms. The number of H-pyrrole nitrogens is 1. The highest BCUT2D eigenvalue weighted by Crippen LogP contribution is 2.33. The predicted molar refractivity (Wildman–Crippen MR) is 112 cm³/mol. The van der Waals surface area contributed by atoms with E-state index in [-0.39, 0.29) is 11.6 Å². The van der Waals surface area contributed by atoms with Crippen molar-refractivity contribution in [3.05, 3.63) is 42.6 Å². The standard InChI is InChI=1S/C20H21N7O4/c1-27-11-12(8-23-27)13-4-5-15(30-3)18-17(13)24-20(25-18)26-19(28)14-9-22-16(10-21-14)31-7-6-29-2/h4-5,8-11H,6-7H2,1-3H3,(H2,24,25,26,28). The first-order valence-electron chi connectivity index (χ1n) is 9.40. The third-order valence-electron chi connectivity index (χ3n) is 4.47. The number of hydrogen-bond acceptors (Lipinski definition) is 8. The molecule has 160 valence electrons. The average Bonchev–Trinajstić information content (AvgIpc) is 3.39. The lowest BCUT2D eigenvalue weighted by Crippen LogP contribution is -2.15. The molecule has 11 nitrogen and oxygen atoms in total. The number of imidazole rings is 1. The molecule has 0 fully saturated rings. The van der Waals surface area contributed by atoms with Crippen molar-refractivity contribution in [2.24, 2.45) is 7.05 Å². The zero-order chi connectivity index (χ0) is 21.8. The molecule has 0 saturated carbocycles. The first-order chi connectivity index (χ1) is 15.1. The van der Waals surface area contributed by atoms with E-state index < -0.39 is 5.91 Å². The van der Waals surface area contributed by atoms with E-state index in [1.54, 1.807) is 25.1 Å². The molecule has 31 heavy (non-hydrogen) atoms. The minimum atomic E-state index is -0.461. The van der Waals surface area contributed by atoms with Gasteiger partial charge in [-0.2, -0.15) is 5.10 Å². The van der Waals surface area contributed by atoms with E-state index in [2.05, 4.69) is 30.4 Å². The van der Waals surface area contributed by atoms with Gasteiger partial charge in [0.25, 0.3) is 5.91 Å². The molecule has 0 spiro atoms. The summed E-state index contributed by atoms with van der Waals surface area (Å²) < 4.78 is 17.4. The first kappa shape index (κ1) is 20.3. The highest BCUT2D eigenvalue weighted by molar-refractivity contribution is 6.03. The first-order valence-corrected chi connectivity index (χ1v) is 9.40. The van der Waals surface area contributed by atoms with Crippen LogP contribution in [0.5, 0.6) is 11.6 Å². The molecule has 0 aliphatic heterocycles. The molecule has 4 aromatic rings. The Morgan fingerprint density at radius 3 is 2.71 bits per heavy atom. The van der Waals surface area contributed by atoms with Gasteiger partial charge in [0.2, 0.25) is 11.8 Å². The zero-order valence-electron chi connectivity index (χ0n) is 17.2. The van der Waals surface area contributed by atoms with Crippen LogP contribution >= 0.6 is 0 Å². The summed E-state index contributed by atoms with van der Waals surface area (Å²) in [5.41, 5.74) is 3.19. The number of hydrogen-bond donors (Lipinski definition) is 2. The van der Waals surface area contributed by atoms with Crippen molar-refractivity contribution in [2.45, 2.75) is 0 Å². The average molecular weight is 423 g/mol. The normalized spacial score (nSPS) is 10.9. The summed E-state index contributed by atoms with van der Waals surface area (Å²) in [7, 11) is 4.99. The maximum atomic E-state index is 12.6. The fourth-order valence-electron chi connectivity index (χ4n) is 3.00. The predicted octanol–water partition coefficient (Wildman–Crippen LogP) is 2.04. The quantitative estimate of drug-likeness (QED) is 0.412. The van der Waals surface area contributed by atoms with E-state index in [1.165, 1.54) is 12.4 Å². The van der Waals surface area contributed by atoms with Gasteiger partial charge < -0.3 is 19.2 Å². The highest BCUT2D eigenvalue weighted by atomic mass is 16.5. The number of carbonyl (C=O) groups is 1. The summed E-state index contributed by atoms with van der Waals surface area (Å²) in [5.74, 6) is 0.713. The maximum Gasteiger partial charge on any atom is 0.278 e. The van der Waals surface area contributed by atoms with E-state index in [9.17, 15) is 4.79 Å². The molecule has 2 N–H and O–H groups in total. The van der Waals surface area contributed by atoms with Crippen LogP contribution in [0.25, 0.3) is 22.2 Å². The van der Waals surface area contributed by atoms with Crippen molar-refractivity contribution < 1.29 is 19.0 Å². The van der Waals surface area contributed by atoms with Gasteiger partial charge in [-0.05, 0) is 12.1 Å². The van der Waals surface area contributed by atoms with E-state index in [0.717, 1.165) is 11.1 Å². The Morgan fingerprint density at radius 2 is 2.03 bits per heavy atom. The Kier molecular flexibility index (Phi) is 5.76. The van der Waals surface area contributed by atoms with Crippen molar-refractivity contribution in [1.82, 2.24) is 29.7 Å². The fraction of sp³-hybridized carbons (Fsp3) is 0.250. The molecule has 11 heteroatoms. The molecular weight excluding hydrogens is 402 g/mol. The number of ether oxygens (including phenoxy) is 3. The molecule has 0 atom stereocenters. The third kappa shape index (κ3) is 4.31. The Balaban J connectivity index is 1.57. The number of nitrogens with one attached hydrogen (secondary N) is 2. The summed E-state index contributed by atoms with van der Waals surface area (Å²) in [4.78, 5) is 28.4. The fourth-order valence-corrected chi connectivity index (χ4v) is 3.00. The second kappa shape index (κ2) is 8.79. The number of carbonyl (C=O) groups excluding carboxylic acids is 1. The van der Waals surface area contributed by atoms with E-state index >= 15 is 0 Å². The zero-order valence-corrected chi connectivity index (χ0v) is 17.2. The van der Waals surface area contributed by atoms with E-state index in [4.69, 9.17) is 14.2 Å². The van der Waals surface area contributed by atoms with Gasteiger partial charge in [-0.1, -0.05) is 0 Å². The number of amides is 1. The van der Waals surface area contributed by atoms with Crippen molar-refractivity contribution in [3.63, 3.8) is 0 Å². The molecule has 3 aromatic heterocycles. The molecule has 4 rings (SSSR count). The Bertz CT molecular complexity index is 1200. The van der Waals surface area contributed by atoms with Crippen LogP contribution in [0.2, 0.25) is 0 Å². The molecule has 3 heterocycles. The summed E-state index contributed by atoms with van der Waals surface area (Å²) in [6, 6.07) is 3.74. The molecular formula is C20H21N7O4. The molecule has 0 radical (unpaired) electrons. The van der Waals surface area contributed by atoms with Gasteiger partial charge in [0.1, 0.15) is 29.1 Å². The number of nitrogens with zero attached hydrogens (tertiary/aromatic N) is 5. The second-order valence-corrected chi connectivity index (χ2v) is 6.56. The minimum Gasteiger partial charge on any atom is -0.494 e. The third-order valence-corrected chi connectivity index (χ3v) is 4.47. The molecule has 0 saturated heterocycles. The molecule has 1 aromatic carbocycles. The number of aryl methyl sites for hydroxylation is 1. The van der Waals surface area contributed by atoms with Crippen LogP contribution in [0.15, 0.2) is 36.9 Å². The van der Waals surface area contributed by atoms with Crippen LogP contribution in [-0.2, 0) is 11.8 Å². The summed E-state index contributed by atoms with van der Waals surface area (Å²) in [6.07, 6.45) is 6.36. The van der Waals surface area contributed by atoms with E-state index in [1.807, 2.05) is 25.4 Å². The number of aromatic nitrogens is 6. The van der Waals surface area contributed by atoms with Crippen molar-refractivity contribution in [3.8, 4) is 22.8 Å². The lowest BCUT2D eigenvalue weighted by Gasteiger charge is -2.05. The smallest absolute Gasteiger partial charge is 0.278 e. The van der Waals surface area contributed by atoms with Gasteiger partial charge in [-0.15, -0.1) is 0 Å². The second-order valence-electron chi connectivity index (χ2n) is 6.56. The van der Waals surface area contributed by atoms with Crippen LogP contribution in [0.1, 0.15) is 10.5 Å². The molecule has 1 amide bonds. The number of rotatable bonds is 8. The number of aromatic amines is 1. The van der Waals surface area contributed by atoms with Gasteiger partial charge in [0, 0.05) is 31.5 Å². The van der Waals surface area contributed by atoms with Gasteiger partial charge in [-0.3, -0.25) is 14.8 Å². The van der Waals surface area contributed by atoms with Crippen molar-refractivity contribution in [1.29, 1.82) is 0 Å². The molecule has 0 unspecified atom stereocenters. The van der Waals surface area contributed by atoms with Gasteiger partial charge >= 0.3 is 0 Å². The maximum absolute atomic E-state index is 12.6. The lowest BCUT2D eigenvalue weighted by molar-refractivity contribution is 0.102. The number of benzene rings is 1. The van der Waals surface area contributed by atoms with Crippen LogP contribution < -0.4 is 14.8 Å². The topological polar surface area (TPSA) is 129 Å². The number of methoxy groups -OCH3 is 2. The summed E-state index contributed by atoms with van der Waals surface area (Å²) in [5, 5.41) is 6.92. The molecule has 0 aliphatic rings. The van der Waals surface area contributed by atoms with Crippen LogP contribution in [0, 0.1) is 0 Å². The minimum absolute atomic E-state index is 0.124. The Labute approximate surface area is 177 Å². The Hall–Kier alpha value is -3.99. The van der Waals surface area contributed by atoms with E-state index in [0.29, 0.717) is 35.9 Å². The number of anilines is 1. The monoisotopic (exact) mass is 423 g/mol. The highest BCUT2D eigenvalue weighted by Gasteiger charge is 2.17. The molecule has 0 aliphatic carbocycles. The van der Waals surface area contributed by atoms with Gasteiger partial charge in [0.15, 0.2) is 0 Å². The van der Waals surface area contributed by atoms with Crippen molar-refractivity contribution >= 4 is 22.9 Å². The van der Waals surface area contributed by atoms with Gasteiger partial charge in [0.05, 0.1) is 32.3 Å². The largest absolute Gasteiger partial charge is 0.494 e. The Morgan fingerprint density at radius 1 is 1.16 bits per heavy atom. The van der Waals surface area contributed by atoms with Crippen LogP contribution in [0.4, 0.5) is 5.95 Å².